The van der Waals surface area contributed by atoms with Crippen molar-refractivity contribution in [3.05, 3.63) is 16.5 Å². The number of thiophene rings is 1. The zero-order valence-corrected chi connectivity index (χ0v) is 13.7. The molecular weight excluding hydrogens is 326 g/mol. The van der Waals surface area contributed by atoms with Crippen LogP contribution in [-0.4, -0.2) is 34.8 Å². The molecule has 0 aromatic carbocycles. The van der Waals surface area contributed by atoms with Gasteiger partial charge in [0.25, 0.3) is 0 Å². The van der Waals surface area contributed by atoms with Gasteiger partial charge >= 0.3 is 5.97 Å². The summed E-state index contributed by atoms with van der Waals surface area (Å²) >= 11 is 2.28. The number of esters is 1. The van der Waals surface area contributed by atoms with Gasteiger partial charge in [-0.05, 0) is 19.9 Å². The molecule has 2 amide bonds. The lowest BCUT2D eigenvalue weighted by Gasteiger charge is -2.07. The van der Waals surface area contributed by atoms with E-state index < -0.39 is 11.2 Å². The largest absolute Gasteiger partial charge is 0.462 e. The standard InChI is InChI=1S/C13H15N3O4S2/c1-3-20-12(19)7-4-6(2)21-11(7)15-9(17)5-8-10(18)16-13(14)22-8/h4,8H,3,5H2,1-2H3,(H,15,17)(H2,14,16,18). The number of hydrogen-bond acceptors (Lipinski definition) is 7. The van der Waals surface area contributed by atoms with E-state index in [9.17, 15) is 14.4 Å². The Bertz CT molecular complexity index is 641. The number of carbonyl (C=O) groups excluding carboxylic acids is 3. The minimum Gasteiger partial charge on any atom is -0.462 e. The topological polar surface area (TPSA) is 108 Å². The molecular formula is C13H15N3O4S2. The molecule has 1 aliphatic heterocycles. The molecule has 1 atom stereocenters. The molecule has 0 bridgehead atoms. The molecule has 9 heteroatoms. The van der Waals surface area contributed by atoms with Gasteiger partial charge in [0.2, 0.25) is 11.8 Å². The molecule has 2 rings (SSSR count). The molecule has 0 saturated carbocycles. The van der Waals surface area contributed by atoms with Crippen molar-refractivity contribution in [3.8, 4) is 0 Å². The number of thioether (sulfide) groups is 1. The van der Waals surface area contributed by atoms with Gasteiger partial charge in [-0.1, -0.05) is 11.8 Å². The van der Waals surface area contributed by atoms with Gasteiger partial charge in [-0.2, -0.15) is 0 Å². The molecule has 0 aliphatic carbocycles. The molecule has 0 spiro atoms. The summed E-state index contributed by atoms with van der Waals surface area (Å²) in [5, 5.41) is 12.2. The van der Waals surface area contributed by atoms with Crippen LogP contribution in [0.4, 0.5) is 5.00 Å². The number of ether oxygens (including phenoxy) is 1. The average Bonchev–Trinajstić information content (AvgIpc) is 2.93. The van der Waals surface area contributed by atoms with E-state index in [1.165, 1.54) is 11.3 Å². The van der Waals surface area contributed by atoms with Crippen molar-refractivity contribution in [3.63, 3.8) is 0 Å². The third-order valence-electron chi connectivity index (χ3n) is 2.76. The minimum absolute atomic E-state index is 0.0435. The molecule has 3 N–H and O–H groups in total. The summed E-state index contributed by atoms with van der Waals surface area (Å²) in [7, 11) is 0. The fraction of sp³-hybridized carbons (Fsp3) is 0.385. The minimum atomic E-state index is -0.611. The zero-order chi connectivity index (χ0) is 16.3. The maximum atomic E-state index is 12.0. The highest BCUT2D eigenvalue weighted by Gasteiger charge is 2.31. The van der Waals surface area contributed by atoms with E-state index in [1.54, 1.807) is 13.0 Å². The van der Waals surface area contributed by atoms with Crippen LogP contribution in [0.2, 0.25) is 0 Å². The Hall–Kier alpha value is -1.87. The van der Waals surface area contributed by atoms with Crippen molar-refractivity contribution >= 4 is 51.1 Å². The van der Waals surface area contributed by atoms with Gasteiger partial charge in [0.1, 0.15) is 10.3 Å². The quantitative estimate of drug-likeness (QED) is 0.707. The molecule has 22 heavy (non-hydrogen) atoms. The first kappa shape index (κ1) is 16.5. The molecule has 1 unspecified atom stereocenters. The summed E-state index contributed by atoms with van der Waals surface area (Å²) in [6.45, 7) is 3.78. The fourth-order valence-corrected chi connectivity index (χ4v) is 3.63. The molecule has 2 heterocycles. The monoisotopic (exact) mass is 341 g/mol. The third kappa shape index (κ3) is 3.86. The number of amides is 2. The highest BCUT2D eigenvalue weighted by Crippen LogP contribution is 2.29. The van der Waals surface area contributed by atoms with Crippen LogP contribution in [0.5, 0.6) is 0 Å². The van der Waals surface area contributed by atoms with Gasteiger partial charge in [0.05, 0.1) is 12.2 Å². The number of aryl methyl sites for hydroxylation is 1. The van der Waals surface area contributed by atoms with Gasteiger partial charge in [-0.3, -0.25) is 15.0 Å². The van der Waals surface area contributed by atoms with Crippen LogP contribution >= 0.6 is 23.1 Å². The lowest BCUT2D eigenvalue weighted by atomic mass is 10.2. The van der Waals surface area contributed by atoms with E-state index in [4.69, 9.17) is 10.1 Å². The van der Waals surface area contributed by atoms with E-state index >= 15 is 0 Å². The molecule has 1 saturated heterocycles. The van der Waals surface area contributed by atoms with Crippen LogP contribution in [-0.2, 0) is 14.3 Å². The summed E-state index contributed by atoms with van der Waals surface area (Å²) < 4.78 is 4.95. The van der Waals surface area contributed by atoms with Gasteiger partial charge in [0, 0.05) is 11.3 Å². The average molecular weight is 341 g/mol. The zero-order valence-electron chi connectivity index (χ0n) is 12.0. The first-order valence-electron chi connectivity index (χ1n) is 6.54. The van der Waals surface area contributed by atoms with Crippen molar-refractivity contribution in [2.45, 2.75) is 25.5 Å². The lowest BCUT2D eigenvalue weighted by Crippen LogP contribution is -2.27. The maximum Gasteiger partial charge on any atom is 0.341 e. The predicted octanol–water partition coefficient (Wildman–Crippen LogP) is 1.73. The number of nitrogens with one attached hydrogen (secondary N) is 3. The van der Waals surface area contributed by atoms with Crippen molar-refractivity contribution < 1.29 is 19.1 Å². The predicted molar refractivity (Wildman–Crippen MR) is 85.5 cm³/mol. The van der Waals surface area contributed by atoms with Gasteiger partial charge in [-0.25, -0.2) is 4.79 Å². The van der Waals surface area contributed by atoms with Crippen LogP contribution in [0.3, 0.4) is 0 Å². The molecule has 0 radical (unpaired) electrons. The van der Waals surface area contributed by atoms with E-state index in [-0.39, 0.29) is 30.0 Å². The van der Waals surface area contributed by atoms with Crippen LogP contribution in [0.25, 0.3) is 0 Å². The summed E-state index contributed by atoms with van der Waals surface area (Å²) in [4.78, 5) is 36.3. The Morgan fingerprint density at radius 1 is 1.50 bits per heavy atom. The molecule has 7 nitrogen and oxygen atoms in total. The Morgan fingerprint density at radius 2 is 2.23 bits per heavy atom. The first-order chi connectivity index (χ1) is 10.4. The number of carbonyl (C=O) groups is 3. The van der Waals surface area contributed by atoms with E-state index in [1.807, 2.05) is 6.92 Å². The lowest BCUT2D eigenvalue weighted by molar-refractivity contribution is -0.122. The highest BCUT2D eigenvalue weighted by atomic mass is 32.2. The summed E-state index contributed by atoms with van der Waals surface area (Å²) in [5.41, 5.74) is 0.314. The molecule has 1 fully saturated rings. The van der Waals surface area contributed by atoms with Crippen molar-refractivity contribution in [2.24, 2.45) is 0 Å². The second-order valence-electron chi connectivity index (χ2n) is 4.50. The summed E-state index contributed by atoms with van der Waals surface area (Å²) in [6.07, 6.45) is -0.0574. The van der Waals surface area contributed by atoms with Crippen LogP contribution in [0, 0.1) is 12.3 Å². The second kappa shape index (κ2) is 6.93. The Kier molecular flexibility index (Phi) is 5.19. The third-order valence-corrected chi connectivity index (χ3v) is 4.73. The van der Waals surface area contributed by atoms with E-state index in [0.29, 0.717) is 10.6 Å². The number of hydrogen-bond donors (Lipinski definition) is 3. The highest BCUT2D eigenvalue weighted by molar-refractivity contribution is 8.15. The summed E-state index contributed by atoms with van der Waals surface area (Å²) in [5.74, 6) is -1.22. The van der Waals surface area contributed by atoms with E-state index in [2.05, 4.69) is 10.6 Å². The normalized spacial score (nSPS) is 17.3. The SMILES string of the molecule is CCOC(=O)c1cc(C)sc1NC(=O)CC1SC(=N)NC1=O. The van der Waals surface area contributed by atoms with Gasteiger partial charge < -0.3 is 15.4 Å². The fourth-order valence-electron chi connectivity index (χ4n) is 1.87. The number of rotatable bonds is 5. The van der Waals surface area contributed by atoms with E-state index in [0.717, 1.165) is 16.6 Å². The van der Waals surface area contributed by atoms with Crippen LogP contribution in [0.1, 0.15) is 28.6 Å². The number of amidine groups is 1. The van der Waals surface area contributed by atoms with Crippen molar-refractivity contribution in [2.75, 3.05) is 11.9 Å². The Morgan fingerprint density at radius 3 is 2.82 bits per heavy atom. The number of anilines is 1. The molecule has 1 aromatic rings. The molecule has 1 aliphatic rings. The van der Waals surface area contributed by atoms with Gasteiger partial charge in [-0.15, -0.1) is 11.3 Å². The smallest absolute Gasteiger partial charge is 0.341 e. The van der Waals surface area contributed by atoms with Gasteiger partial charge in [0.15, 0.2) is 5.17 Å². The molecule has 1 aromatic heterocycles. The Balaban J connectivity index is 2.04. The maximum absolute atomic E-state index is 12.0. The second-order valence-corrected chi connectivity index (χ2v) is 6.97. The molecule has 118 valence electrons. The van der Waals surface area contributed by atoms with Crippen LogP contribution < -0.4 is 10.6 Å². The van der Waals surface area contributed by atoms with Crippen molar-refractivity contribution in [1.29, 1.82) is 5.41 Å². The Labute approximate surface area is 135 Å². The summed E-state index contributed by atoms with van der Waals surface area (Å²) in [6, 6.07) is 1.66. The van der Waals surface area contributed by atoms with Crippen LogP contribution in [0.15, 0.2) is 6.07 Å². The van der Waals surface area contributed by atoms with Crippen molar-refractivity contribution in [1.82, 2.24) is 5.32 Å². The first-order valence-corrected chi connectivity index (χ1v) is 8.23.